The number of ether oxygens (including phenoxy) is 1. The Morgan fingerprint density at radius 1 is 1.29 bits per heavy atom. The monoisotopic (exact) mass is 499 g/mol. The molecule has 34 heavy (non-hydrogen) atoms. The van der Waals surface area contributed by atoms with Gasteiger partial charge in [-0.3, -0.25) is 4.79 Å². The molecular formula is C23H32F3N5O2S. The molecule has 1 atom stereocenters. The van der Waals surface area contributed by atoms with Crippen LogP contribution in [0.4, 0.5) is 29.7 Å². The predicted octanol–water partition coefficient (Wildman–Crippen LogP) is 5.18. The molecule has 0 bridgehead atoms. The summed E-state index contributed by atoms with van der Waals surface area (Å²) in [4.78, 5) is 17.8. The molecule has 1 fully saturated rings. The Morgan fingerprint density at radius 3 is 2.59 bits per heavy atom. The van der Waals surface area contributed by atoms with Crippen molar-refractivity contribution in [2.75, 3.05) is 37.0 Å². The van der Waals surface area contributed by atoms with Gasteiger partial charge in [-0.05, 0) is 55.5 Å². The summed E-state index contributed by atoms with van der Waals surface area (Å²) in [5.41, 5.74) is 2.43. The Hall–Kier alpha value is -2.40. The maximum atomic E-state index is 13.1. The third kappa shape index (κ3) is 6.82. The van der Waals surface area contributed by atoms with Gasteiger partial charge in [0.1, 0.15) is 0 Å². The van der Waals surface area contributed by atoms with Crippen molar-refractivity contribution < 1.29 is 22.7 Å². The summed E-state index contributed by atoms with van der Waals surface area (Å²) in [7, 11) is 1.35. The number of nitrogens with one attached hydrogen (secondary N) is 2. The third-order valence-corrected chi connectivity index (χ3v) is 6.46. The van der Waals surface area contributed by atoms with Crippen LogP contribution in [0.3, 0.4) is 0 Å². The SMILES string of the molecule is COC(=O)C[C@@H](C)c1ccc(N(CC(C)C)C2CCNCC2)c(Nc2nc(C(F)(F)F)ns2)c1. The highest BCUT2D eigenvalue weighted by Crippen LogP contribution is 2.37. The lowest BCUT2D eigenvalue weighted by atomic mass is 9.95. The van der Waals surface area contributed by atoms with Crippen molar-refractivity contribution in [3.63, 3.8) is 0 Å². The van der Waals surface area contributed by atoms with Gasteiger partial charge in [0.15, 0.2) is 0 Å². The van der Waals surface area contributed by atoms with Crippen LogP contribution in [0.5, 0.6) is 0 Å². The standard InChI is InChI=1S/C23H32F3N5O2S/c1-14(2)13-31(17-7-9-27-10-8-17)19-6-5-16(15(3)11-20(32)33-4)12-18(19)28-22-29-21(30-34-22)23(24,25)26/h5-6,12,14-15,17,27H,7-11,13H2,1-4H3,(H,28,29,30)/t15-/m1/s1. The number of methoxy groups -OCH3 is 1. The van der Waals surface area contributed by atoms with E-state index >= 15 is 0 Å². The lowest BCUT2D eigenvalue weighted by molar-refractivity contribution is -0.144. The second-order valence-corrected chi connectivity index (χ2v) is 9.78. The molecule has 7 nitrogen and oxygen atoms in total. The fourth-order valence-corrected chi connectivity index (χ4v) is 4.72. The number of aromatic nitrogens is 2. The largest absolute Gasteiger partial charge is 0.469 e. The van der Waals surface area contributed by atoms with Crippen molar-refractivity contribution >= 4 is 34.0 Å². The molecule has 1 aliphatic rings. The van der Waals surface area contributed by atoms with E-state index in [0.29, 0.717) is 29.2 Å². The van der Waals surface area contributed by atoms with Crippen molar-refractivity contribution in [2.45, 2.75) is 58.2 Å². The molecule has 0 amide bonds. The second-order valence-electron chi connectivity index (χ2n) is 9.03. The molecule has 1 aromatic carbocycles. The molecular weight excluding hydrogens is 467 g/mol. The molecule has 3 rings (SSSR count). The average Bonchev–Trinajstić information content (AvgIpc) is 3.27. The summed E-state index contributed by atoms with van der Waals surface area (Å²) in [5.74, 6) is -1.21. The molecule has 0 saturated carbocycles. The Balaban J connectivity index is 2.00. The fraction of sp³-hybridized carbons (Fsp3) is 0.609. The van der Waals surface area contributed by atoms with Gasteiger partial charge in [0.05, 0.1) is 24.9 Å². The van der Waals surface area contributed by atoms with Crippen LogP contribution in [0.15, 0.2) is 18.2 Å². The minimum Gasteiger partial charge on any atom is -0.469 e. The van der Waals surface area contributed by atoms with Crippen LogP contribution < -0.4 is 15.5 Å². The average molecular weight is 500 g/mol. The Bertz CT molecular complexity index is 960. The number of benzene rings is 1. The zero-order valence-electron chi connectivity index (χ0n) is 19.9. The first-order chi connectivity index (χ1) is 16.1. The number of hydrogen-bond acceptors (Lipinski definition) is 8. The summed E-state index contributed by atoms with van der Waals surface area (Å²) in [5, 5.41) is 6.55. The number of halogens is 3. The van der Waals surface area contributed by atoms with E-state index < -0.39 is 12.0 Å². The van der Waals surface area contributed by atoms with Crippen LogP contribution in [-0.2, 0) is 15.7 Å². The van der Waals surface area contributed by atoms with Gasteiger partial charge in [-0.25, -0.2) is 0 Å². The van der Waals surface area contributed by atoms with E-state index in [1.54, 1.807) is 0 Å². The molecule has 2 heterocycles. The molecule has 1 saturated heterocycles. The number of carbonyl (C=O) groups excluding carboxylic acids is 1. The van der Waals surface area contributed by atoms with Crippen LogP contribution in [0.25, 0.3) is 0 Å². The van der Waals surface area contributed by atoms with E-state index in [4.69, 9.17) is 4.74 Å². The quantitative estimate of drug-likeness (QED) is 0.460. The molecule has 0 aliphatic carbocycles. The van der Waals surface area contributed by atoms with E-state index in [2.05, 4.69) is 38.7 Å². The molecule has 0 radical (unpaired) electrons. The second kappa shape index (κ2) is 11.4. The number of anilines is 3. The summed E-state index contributed by atoms with van der Waals surface area (Å²) in [6, 6.07) is 6.17. The predicted molar refractivity (Wildman–Crippen MR) is 128 cm³/mol. The summed E-state index contributed by atoms with van der Waals surface area (Å²) in [6.07, 6.45) is -2.45. The van der Waals surface area contributed by atoms with Crippen LogP contribution in [0.1, 0.15) is 57.3 Å². The van der Waals surface area contributed by atoms with Gasteiger partial charge in [0.2, 0.25) is 11.0 Å². The van der Waals surface area contributed by atoms with Gasteiger partial charge >= 0.3 is 12.1 Å². The van der Waals surface area contributed by atoms with Crippen molar-refractivity contribution in [3.8, 4) is 0 Å². The first-order valence-electron chi connectivity index (χ1n) is 11.4. The van der Waals surface area contributed by atoms with Gasteiger partial charge < -0.3 is 20.3 Å². The smallest absolute Gasteiger partial charge is 0.452 e. The molecule has 2 N–H and O–H groups in total. The van der Waals surface area contributed by atoms with Crippen LogP contribution in [0, 0.1) is 5.92 Å². The molecule has 11 heteroatoms. The van der Waals surface area contributed by atoms with Crippen molar-refractivity contribution in [1.82, 2.24) is 14.7 Å². The summed E-state index contributed by atoms with van der Waals surface area (Å²) in [6.45, 7) is 8.85. The van der Waals surface area contributed by atoms with E-state index in [9.17, 15) is 18.0 Å². The number of nitrogens with zero attached hydrogens (tertiary/aromatic N) is 3. The zero-order valence-corrected chi connectivity index (χ0v) is 20.7. The minimum absolute atomic E-state index is 0.0705. The van der Waals surface area contributed by atoms with Gasteiger partial charge in [-0.2, -0.15) is 22.5 Å². The Labute approximate surface area is 202 Å². The van der Waals surface area contributed by atoms with Crippen LogP contribution >= 0.6 is 11.5 Å². The number of piperidine rings is 1. The molecule has 0 spiro atoms. The summed E-state index contributed by atoms with van der Waals surface area (Å²) < 4.78 is 47.4. The Kier molecular flexibility index (Phi) is 8.75. The van der Waals surface area contributed by atoms with E-state index in [-0.39, 0.29) is 23.4 Å². The lowest BCUT2D eigenvalue weighted by Crippen LogP contribution is -2.45. The molecule has 188 valence electrons. The van der Waals surface area contributed by atoms with Gasteiger partial charge in [-0.1, -0.05) is 26.8 Å². The number of hydrogen-bond donors (Lipinski definition) is 2. The van der Waals surface area contributed by atoms with E-state index in [0.717, 1.165) is 43.7 Å². The highest BCUT2D eigenvalue weighted by Gasteiger charge is 2.36. The highest BCUT2D eigenvalue weighted by molar-refractivity contribution is 7.09. The number of rotatable bonds is 9. The van der Waals surface area contributed by atoms with E-state index in [1.165, 1.54) is 7.11 Å². The molecule has 2 aromatic rings. The maximum Gasteiger partial charge on any atom is 0.452 e. The Morgan fingerprint density at radius 2 is 2.00 bits per heavy atom. The first kappa shape index (κ1) is 26.2. The maximum absolute atomic E-state index is 13.1. The van der Waals surface area contributed by atoms with Crippen molar-refractivity contribution in [1.29, 1.82) is 0 Å². The molecule has 1 aliphatic heterocycles. The van der Waals surface area contributed by atoms with Gasteiger partial charge in [0.25, 0.3) is 0 Å². The van der Waals surface area contributed by atoms with E-state index in [1.807, 2.05) is 25.1 Å². The van der Waals surface area contributed by atoms with Gasteiger partial charge in [-0.15, -0.1) is 0 Å². The zero-order chi connectivity index (χ0) is 24.9. The fourth-order valence-electron chi connectivity index (χ4n) is 4.12. The molecule has 0 unspecified atom stereocenters. The lowest BCUT2D eigenvalue weighted by Gasteiger charge is -2.38. The molecule has 1 aromatic heterocycles. The highest BCUT2D eigenvalue weighted by atomic mass is 32.1. The van der Waals surface area contributed by atoms with Crippen molar-refractivity contribution in [2.24, 2.45) is 5.92 Å². The van der Waals surface area contributed by atoms with Crippen LogP contribution in [-0.4, -0.2) is 48.1 Å². The topological polar surface area (TPSA) is 79.4 Å². The van der Waals surface area contributed by atoms with Crippen LogP contribution in [0.2, 0.25) is 0 Å². The summed E-state index contributed by atoms with van der Waals surface area (Å²) >= 11 is 0.675. The number of carbonyl (C=O) groups is 1. The van der Waals surface area contributed by atoms with Gasteiger partial charge in [0, 0.05) is 24.1 Å². The minimum atomic E-state index is -4.60. The third-order valence-electron chi connectivity index (χ3n) is 5.83. The normalized spacial score (nSPS) is 15.9. The van der Waals surface area contributed by atoms with Crippen molar-refractivity contribution in [3.05, 3.63) is 29.6 Å². The number of alkyl halides is 3. The number of esters is 1. The first-order valence-corrected chi connectivity index (χ1v) is 12.2.